The lowest BCUT2D eigenvalue weighted by molar-refractivity contribution is -0.140. The third kappa shape index (κ3) is 3.62. The molecular weight excluding hydrogens is 385 g/mol. The van der Waals surface area contributed by atoms with E-state index in [1.54, 1.807) is 0 Å². The SMILES string of the molecule is FC(F)(F)c1cc2c(N[C@H]3c4ccccc4OC[C@@H]3OCC3CC3)ncnc2[nH]1. The van der Waals surface area contributed by atoms with Gasteiger partial charge in [-0.2, -0.15) is 13.2 Å². The molecule has 2 aromatic heterocycles. The molecule has 0 saturated heterocycles. The fraction of sp³-hybridized carbons (Fsp3) is 0.400. The van der Waals surface area contributed by atoms with Crippen LogP contribution < -0.4 is 10.1 Å². The van der Waals surface area contributed by atoms with Crippen LogP contribution in [0.3, 0.4) is 0 Å². The van der Waals surface area contributed by atoms with E-state index in [0.29, 0.717) is 24.9 Å². The van der Waals surface area contributed by atoms with Crippen molar-refractivity contribution in [1.82, 2.24) is 15.0 Å². The number of nitrogens with one attached hydrogen (secondary N) is 2. The maximum atomic E-state index is 13.1. The van der Waals surface area contributed by atoms with Gasteiger partial charge in [0.1, 0.15) is 41.9 Å². The van der Waals surface area contributed by atoms with E-state index in [1.807, 2.05) is 24.3 Å². The van der Waals surface area contributed by atoms with Gasteiger partial charge in [-0.3, -0.25) is 0 Å². The molecule has 0 spiro atoms. The van der Waals surface area contributed by atoms with Gasteiger partial charge in [0.15, 0.2) is 0 Å². The smallest absolute Gasteiger partial charge is 0.431 e. The first kappa shape index (κ1) is 18.2. The summed E-state index contributed by atoms with van der Waals surface area (Å²) in [6, 6.07) is 8.30. The van der Waals surface area contributed by atoms with Crippen molar-refractivity contribution < 1.29 is 22.6 Å². The van der Waals surface area contributed by atoms with E-state index in [-0.39, 0.29) is 23.2 Å². The molecule has 3 aromatic rings. The summed E-state index contributed by atoms with van der Waals surface area (Å²) in [5.41, 5.74) is 0.161. The topological polar surface area (TPSA) is 72.1 Å². The number of anilines is 1. The summed E-state index contributed by atoms with van der Waals surface area (Å²) in [6.45, 7) is 1.01. The largest absolute Gasteiger partial charge is 0.490 e. The van der Waals surface area contributed by atoms with E-state index in [2.05, 4.69) is 20.3 Å². The van der Waals surface area contributed by atoms with Crippen LogP contribution >= 0.6 is 0 Å². The van der Waals surface area contributed by atoms with E-state index in [4.69, 9.17) is 9.47 Å². The van der Waals surface area contributed by atoms with Gasteiger partial charge in [-0.1, -0.05) is 18.2 Å². The van der Waals surface area contributed by atoms with Crippen LogP contribution in [-0.2, 0) is 10.9 Å². The number of ether oxygens (including phenoxy) is 2. The van der Waals surface area contributed by atoms with Crippen LogP contribution in [0.15, 0.2) is 36.7 Å². The van der Waals surface area contributed by atoms with Crippen LogP contribution in [0.5, 0.6) is 5.75 Å². The van der Waals surface area contributed by atoms with Crippen LogP contribution in [-0.4, -0.2) is 34.3 Å². The molecule has 1 aromatic carbocycles. The zero-order chi connectivity index (χ0) is 20.0. The van der Waals surface area contributed by atoms with Crippen molar-refractivity contribution in [2.45, 2.75) is 31.2 Å². The number of aromatic amines is 1. The van der Waals surface area contributed by atoms with Crippen molar-refractivity contribution in [1.29, 1.82) is 0 Å². The van der Waals surface area contributed by atoms with Crippen LogP contribution in [0.4, 0.5) is 19.0 Å². The number of rotatable bonds is 5. The molecule has 2 atom stereocenters. The van der Waals surface area contributed by atoms with Crippen molar-refractivity contribution in [3.05, 3.63) is 47.9 Å². The molecule has 3 heterocycles. The molecule has 2 N–H and O–H groups in total. The van der Waals surface area contributed by atoms with Crippen molar-refractivity contribution in [3.63, 3.8) is 0 Å². The highest BCUT2D eigenvalue weighted by Crippen LogP contribution is 2.39. The maximum absolute atomic E-state index is 13.1. The van der Waals surface area contributed by atoms with Crippen molar-refractivity contribution in [2.24, 2.45) is 5.92 Å². The second-order valence-corrected chi connectivity index (χ2v) is 7.45. The molecule has 29 heavy (non-hydrogen) atoms. The maximum Gasteiger partial charge on any atom is 0.431 e. The van der Waals surface area contributed by atoms with Crippen LogP contribution in [0.25, 0.3) is 11.0 Å². The molecule has 152 valence electrons. The number of fused-ring (bicyclic) bond motifs is 2. The van der Waals surface area contributed by atoms with Gasteiger partial charge < -0.3 is 19.8 Å². The Morgan fingerprint density at radius 2 is 2.03 bits per heavy atom. The van der Waals surface area contributed by atoms with E-state index in [0.717, 1.165) is 17.4 Å². The minimum absolute atomic E-state index is 0.130. The highest BCUT2D eigenvalue weighted by molar-refractivity contribution is 5.88. The second kappa shape index (κ2) is 6.91. The molecular formula is C20H19F3N4O2. The van der Waals surface area contributed by atoms with Crippen molar-refractivity contribution in [3.8, 4) is 5.75 Å². The average Bonchev–Trinajstić information content (AvgIpc) is 3.42. The van der Waals surface area contributed by atoms with Crippen LogP contribution in [0.1, 0.15) is 30.1 Å². The molecule has 1 aliphatic heterocycles. The molecule has 2 aliphatic rings. The number of para-hydroxylation sites is 1. The Hall–Kier alpha value is -2.81. The third-order valence-corrected chi connectivity index (χ3v) is 5.30. The molecule has 9 heteroatoms. The molecule has 0 radical (unpaired) electrons. The number of nitrogens with zero attached hydrogens (tertiary/aromatic N) is 2. The number of hydrogen-bond acceptors (Lipinski definition) is 5. The Labute approximate surface area is 164 Å². The van der Waals surface area contributed by atoms with Gasteiger partial charge in [-0.05, 0) is 30.9 Å². The monoisotopic (exact) mass is 404 g/mol. The van der Waals surface area contributed by atoms with Gasteiger partial charge in [-0.15, -0.1) is 0 Å². The van der Waals surface area contributed by atoms with Gasteiger partial charge in [0.25, 0.3) is 0 Å². The number of benzene rings is 1. The standard InChI is InChI=1S/C20H19F3N4O2/c21-20(22,23)16-7-13-18(26-16)24-10-25-19(13)27-17-12-3-1-2-4-14(12)29-9-15(17)28-8-11-5-6-11/h1-4,7,10-11,15,17H,5-6,8-9H2,(H2,24,25,26,27)/t15-,17-/m0/s1. The van der Waals surface area contributed by atoms with Crippen LogP contribution in [0.2, 0.25) is 0 Å². The highest BCUT2D eigenvalue weighted by Gasteiger charge is 2.36. The molecule has 0 bridgehead atoms. The predicted molar refractivity (Wildman–Crippen MR) is 99.7 cm³/mol. The minimum atomic E-state index is -4.49. The Kier molecular flexibility index (Phi) is 4.34. The number of halogens is 3. The van der Waals surface area contributed by atoms with Gasteiger partial charge in [-0.25, -0.2) is 9.97 Å². The summed E-state index contributed by atoms with van der Waals surface area (Å²) in [7, 11) is 0. The van der Waals surface area contributed by atoms with E-state index in [9.17, 15) is 13.2 Å². The van der Waals surface area contributed by atoms with Gasteiger partial charge in [0.05, 0.1) is 18.0 Å². The summed E-state index contributed by atoms with van der Waals surface area (Å²) in [5, 5.41) is 3.58. The second-order valence-electron chi connectivity index (χ2n) is 7.45. The lowest BCUT2D eigenvalue weighted by Crippen LogP contribution is -2.38. The summed E-state index contributed by atoms with van der Waals surface area (Å²) in [4.78, 5) is 10.5. The first-order chi connectivity index (χ1) is 14.0. The molecule has 1 aliphatic carbocycles. The fourth-order valence-electron chi connectivity index (χ4n) is 3.55. The number of H-pyrrole nitrogens is 1. The number of hydrogen-bond donors (Lipinski definition) is 2. The van der Waals surface area contributed by atoms with Gasteiger partial charge in [0.2, 0.25) is 0 Å². The summed E-state index contributed by atoms with van der Waals surface area (Å²) in [6.07, 6.45) is -1.20. The predicted octanol–water partition coefficient (Wildman–Crippen LogP) is 4.32. The van der Waals surface area contributed by atoms with E-state index >= 15 is 0 Å². The number of aromatic nitrogens is 3. The van der Waals surface area contributed by atoms with Crippen molar-refractivity contribution in [2.75, 3.05) is 18.5 Å². The van der Waals surface area contributed by atoms with Gasteiger partial charge in [0, 0.05) is 5.56 Å². The molecule has 6 nitrogen and oxygen atoms in total. The summed E-state index contributed by atoms with van der Waals surface area (Å²) < 4.78 is 51.3. The average molecular weight is 404 g/mol. The molecule has 1 fully saturated rings. The summed E-state index contributed by atoms with van der Waals surface area (Å²) >= 11 is 0. The Balaban J connectivity index is 1.50. The third-order valence-electron chi connectivity index (χ3n) is 5.30. The Morgan fingerprint density at radius 1 is 1.21 bits per heavy atom. The molecule has 5 rings (SSSR count). The fourth-order valence-corrected chi connectivity index (χ4v) is 3.55. The lowest BCUT2D eigenvalue weighted by Gasteiger charge is -2.34. The number of alkyl halides is 3. The highest BCUT2D eigenvalue weighted by atomic mass is 19.4. The first-order valence-corrected chi connectivity index (χ1v) is 9.50. The summed E-state index contributed by atoms with van der Waals surface area (Å²) in [5.74, 6) is 1.63. The minimum Gasteiger partial charge on any atom is -0.490 e. The molecule has 0 amide bonds. The Bertz CT molecular complexity index is 1030. The molecule has 0 unspecified atom stereocenters. The van der Waals surface area contributed by atoms with E-state index < -0.39 is 11.9 Å². The normalized spacial score (nSPS) is 21.6. The quantitative estimate of drug-likeness (QED) is 0.663. The lowest BCUT2D eigenvalue weighted by atomic mass is 9.98. The van der Waals surface area contributed by atoms with Crippen LogP contribution in [0, 0.1) is 5.92 Å². The van der Waals surface area contributed by atoms with Crippen molar-refractivity contribution >= 4 is 16.9 Å². The zero-order valence-corrected chi connectivity index (χ0v) is 15.4. The first-order valence-electron chi connectivity index (χ1n) is 9.50. The zero-order valence-electron chi connectivity index (χ0n) is 15.4. The van der Waals surface area contributed by atoms with Gasteiger partial charge >= 0.3 is 6.18 Å². The molecule has 1 saturated carbocycles. The Morgan fingerprint density at radius 3 is 2.83 bits per heavy atom. The van der Waals surface area contributed by atoms with E-state index in [1.165, 1.54) is 19.2 Å².